The molecular formula is C9H17N2O. The summed E-state index contributed by atoms with van der Waals surface area (Å²) in [5.74, 6) is -0.184. The van der Waals surface area contributed by atoms with Gasteiger partial charge in [-0.2, -0.15) is 0 Å². The van der Waals surface area contributed by atoms with Crippen LogP contribution in [-0.2, 0) is 4.79 Å². The van der Waals surface area contributed by atoms with E-state index in [9.17, 15) is 4.79 Å². The predicted octanol–water partition coefficient (Wildman–Crippen LogP) is 1.35. The van der Waals surface area contributed by atoms with E-state index in [1.807, 2.05) is 34.9 Å². The summed E-state index contributed by atoms with van der Waals surface area (Å²) >= 11 is 0. The standard InChI is InChI=1S/C9H17N2O/c1-9(2,3)6-8(12)10-7-11(4)5/h6-7H,1-5H3. The Morgan fingerprint density at radius 1 is 1.33 bits per heavy atom. The van der Waals surface area contributed by atoms with Crippen molar-refractivity contribution in [1.82, 2.24) is 4.90 Å². The summed E-state index contributed by atoms with van der Waals surface area (Å²) < 4.78 is 0. The zero-order valence-corrected chi connectivity index (χ0v) is 8.46. The highest BCUT2D eigenvalue weighted by Gasteiger charge is 2.15. The summed E-state index contributed by atoms with van der Waals surface area (Å²) in [7, 11) is 3.65. The van der Waals surface area contributed by atoms with Gasteiger partial charge in [0.2, 0.25) is 0 Å². The van der Waals surface area contributed by atoms with Gasteiger partial charge < -0.3 is 4.90 Å². The Labute approximate surface area is 74.5 Å². The molecule has 0 bridgehead atoms. The Hall–Kier alpha value is -0.860. The smallest absolute Gasteiger partial charge is 0.251 e. The maximum Gasteiger partial charge on any atom is 0.251 e. The molecule has 0 saturated carbocycles. The minimum absolute atomic E-state index is 0.0965. The predicted molar refractivity (Wildman–Crippen MR) is 50.9 cm³/mol. The molecule has 12 heavy (non-hydrogen) atoms. The quantitative estimate of drug-likeness (QED) is 0.462. The van der Waals surface area contributed by atoms with Crippen LogP contribution in [-0.4, -0.2) is 31.2 Å². The van der Waals surface area contributed by atoms with E-state index < -0.39 is 0 Å². The Kier molecular flexibility index (Phi) is 3.93. The third-order valence-electron chi connectivity index (χ3n) is 0.972. The molecule has 0 aromatic rings. The lowest BCUT2D eigenvalue weighted by Crippen LogP contribution is -2.15. The molecule has 1 radical (unpaired) electrons. The van der Waals surface area contributed by atoms with Crippen LogP contribution in [0.5, 0.6) is 0 Å². The first-order valence-corrected chi connectivity index (χ1v) is 3.92. The molecule has 0 N–H and O–H groups in total. The van der Waals surface area contributed by atoms with E-state index in [4.69, 9.17) is 0 Å². The van der Waals surface area contributed by atoms with Gasteiger partial charge in [0.05, 0.1) is 12.8 Å². The number of nitrogens with zero attached hydrogens (tertiary/aromatic N) is 2. The van der Waals surface area contributed by atoms with Gasteiger partial charge in [0, 0.05) is 14.1 Å². The number of carbonyl (C=O) groups excluding carboxylic acids is 1. The van der Waals surface area contributed by atoms with Gasteiger partial charge in [-0.1, -0.05) is 20.8 Å². The maximum atomic E-state index is 11.1. The van der Waals surface area contributed by atoms with Crippen LogP contribution in [0.1, 0.15) is 20.8 Å². The van der Waals surface area contributed by atoms with E-state index in [1.54, 1.807) is 11.3 Å². The number of carbonyl (C=O) groups is 1. The fraction of sp³-hybridized carbons (Fsp3) is 0.667. The van der Waals surface area contributed by atoms with E-state index in [0.717, 1.165) is 0 Å². The molecule has 0 fully saturated rings. The van der Waals surface area contributed by atoms with Gasteiger partial charge in [-0.3, -0.25) is 4.79 Å². The summed E-state index contributed by atoms with van der Waals surface area (Å²) in [6, 6.07) is 0. The van der Waals surface area contributed by atoms with Crippen LogP contribution in [0, 0.1) is 11.8 Å². The Morgan fingerprint density at radius 3 is 2.17 bits per heavy atom. The number of amides is 1. The highest BCUT2D eigenvalue weighted by molar-refractivity contribution is 5.91. The molecule has 0 rings (SSSR count). The summed E-state index contributed by atoms with van der Waals surface area (Å²) in [6.45, 7) is 5.90. The van der Waals surface area contributed by atoms with E-state index in [2.05, 4.69) is 4.99 Å². The van der Waals surface area contributed by atoms with E-state index in [-0.39, 0.29) is 11.3 Å². The van der Waals surface area contributed by atoms with Crippen LogP contribution < -0.4 is 0 Å². The normalized spacial score (nSPS) is 12.1. The minimum atomic E-state index is -0.184. The van der Waals surface area contributed by atoms with Gasteiger partial charge >= 0.3 is 0 Å². The molecule has 3 nitrogen and oxygen atoms in total. The van der Waals surface area contributed by atoms with Crippen LogP contribution in [0.25, 0.3) is 0 Å². The maximum absolute atomic E-state index is 11.1. The molecule has 0 aliphatic carbocycles. The number of rotatable bonds is 2. The van der Waals surface area contributed by atoms with E-state index in [1.165, 1.54) is 6.34 Å². The van der Waals surface area contributed by atoms with Crippen LogP contribution in [0.2, 0.25) is 0 Å². The van der Waals surface area contributed by atoms with Crippen LogP contribution in [0.3, 0.4) is 0 Å². The fourth-order valence-corrected chi connectivity index (χ4v) is 0.580. The summed E-state index contributed by atoms with van der Waals surface area (Å²) in [6.07, 6.45) is 3.11. The molecule has 0 atom stereocenters. The number of hydrogen-bond acceptors (Lipinski definition) is 1. The number of hydrogen-bond donors (Lipinski definition) is 0. The van der Waals surface area contributed by atoms with Gasteiger partial charge in [0.15, 0.2) is 0 Å². The minimum Gasteiger partial charge on any atom is -0.369 e. The van der Waals surface area contributed by atoms with E-state index >= 15 is 0 Å². The van der Waals surface area contributed by atoms with Gasteiger partial charge in [0.1, 0.15) is 0 Å². The lowest BCUT2D eigenvalue weighted by Gasteiger charge is -2.14. The second-order valence-electron chi connectivity index (χ2n) is 4.06. The summed E-state index contributed by atoms with van der Waals surface area (Å²) in [5.41, 5.74) is -0.0965. The van der Waals surface area contributed by atoms with Gasteiger partial charge in [-0.25, -0.2) is 4.99 Å². The van der Waals surface area contributed by atoms with Gasteiger partial charge in [-0.15, -0.1) is 0 Å². The van der Waals surface area contributed by atoms with Crippen molar-refractivity contribution in [3.63, 3.8) is 0 Å². The van der Waals surface area contributed by atoms with Crippen LogP contribution in [0.4, 0.5) is 0 Å². The molecule has 0 heterocycles. The highest BCUT2D eigenvalue weighted by atomic mass is 16.1. The average molecular weight is 169 g/mol. The largest absolute Gasteiger partial charge is 0.369 e. The van der Waals surface area contributed by atoms with Gasteiger partial charge in [0.25, 0.3) is 5.91 Å². The van der Waals surface area contributed by atoms with Crippen LogP contribution >= 0.6 is 0 Å². The molecule has 69 valence electrons. The molecule has 1 amide bonds. The topological polar surface area (TPSA) is 32.7 Å². The summed E-state index contributed by atoms with van der Waals surface area (Å²) in [4.78, 5) is 16.5. The molecule has 0 saturated heterocycles. The Balaban J connectivity index is 3.91. The first-order valence-electron chi connectivity index (χ1n) is 3.92. The third-order valence-corrected chi connectivity index (χ3v) is 0.972. The molecular weight excluding hydrogens is 152 g/mol. The fourth-order valence-electron chi connectivity index (χ4n) is 0.580. The van der Waals surface area contributed by atoms with Crippen molar-refractivity contribution in [2.24, 2.45) is 10.4 Å². The zero-order chi connectivity index (χ0) is 9.78. The average Bonchev–Trinajstić information content (AvgIpc) is 1.79. The van der Waals surface area contributed by atoms with Gasteiger partial charge in [-0.05, 0) is 5.41 Å². The van der Waals surface area contributed by atoms with Crippen molar-refractivity contribution >= 4 is 12.2 Å². The van der Waals surface area contributed by atoms with Crippen LogP contribution in [0.15, 0.2) is 4.99 Å². The first kappa shape index (κ1) is 11.1. The van der Waals surface area contributed by atoms with Crippen molar-refractivity contribution in [3.05, 3.63) is 6.42 Å². The molecule has 0 aliphatic heterocycles. The molecule has 0 aromatic heterocycles. The van der Waals surface area contributed by atoms with Crippen molar-refractivity contribution in [2.75, 3.05) is 14.1 Å². The molecule has 3 heteroatoms. The van der Waals surface area contributed by atoms with Crippen molar-refractivity contribution in [3.8, 4) is 0 Å². The van der Waals surface area contributed by atoms with Crippen molar-refractivity contribution in [2.45, 2.75) is 20.8 Å². The summed E-state index contributed by atoms with van der Waals surface area (Å²) in [5, 5.41) is 0. The lowest BCUT2D eigenvalue weighted by atomic mass is 9.92. The Morgan fingerprint density at radius 2 is 1.83 bits per heavy atom. The monoisotopic (exact) mass is 169 g/mol. The lowest BCUT2D eigenvalue weighted by molar-refractivity contribution is -0.115. The van der Waals surface area contributed by atoms with Crippen molar-refractivity contribution < 1.29 is 4.79 Å². The van der Waals surface area contributed by atoms with Crippen molar-refractivity contribution in [1.29, 1.82) is 0 Å². The number of aliphatic imine (C=N–C) groups is 1. The SMILES string of the molecule is CN(C)C=NC(=O)[CH]C(C)(C)C. The second-order valence-corrected chi connectivity index (χ2v) is 4.06. The zero-order valence-electron chi connectivity index (χ0n) is 8.46. The molecule has 0 aliphatic rings. The molecule has 0 spiro atoms. The second kappa shape index (κ2) is 4.24. The Bertz CT molecular complexity index is 177. The highest BCUT2D eigenvalue weighted by Crippen LogP contribution is 2.17. The molecule has 0 aromatic carbocycles. The third kappa shape index (κ3) is 7.25. The van der Waals surface area contributed by atoms with E-state index in [0.29, 0.717) is 0 Å². The molecule has 0 unspecified atom stereocenters. The first-order chi connectivity index (χ1) is 5.31.